The van der Waals surface area contributed by atoms with Crippen LogP contribution >= 0.6 is 0 Å². The molecule has 3 atom stereocenters. The molecule has 1 aliphatic heterocycles. The molecule has 2 aromatic carbocycles. The summed E-state index contributed by atoms with van der Waals surface area (Å²) in [5.74, 6) is -1.10. The van der Waals surface area contributed by atoms with Gasteiger partial charge in [-0.15, -0.1) is 0 Å². The molecule has 1 N–H and O–H groups in total. The van der Waals surface area contributed by atoms with Crippen molar-refractivity contribution in [1.29, 1.82) is 0 Å². The molecule has 0 radical (unpaired) electrons. The summed E-state index contributed by atoms with van der Waals surface area (Å²) in [6.07, 6.45) is -0.693. The molecule has 34 heavy (non-hydrogen) atoms. The first-order valence-electron chi connectivity index (χ1n) is 11.4. The van der Waals surface area contributed by atoms with Gasteiger partial charge in [-0.3, -0.25) is 4.79 Å². The van der Waals surface area contributed by atoms with E-state index in [4.69, 9.17) is 14.2 Å². The second-order valence-electron chi connectivity index (χ2n) is 8.61. The lowest BCUT2D eigenvalue weighted by molar-refractivity contribution is -0.151. The number of amides is 2. The standard InChI is InChI=1S/C26H32N2O6/c1-18(2)23(27-26(31)34-17-20-12-8-5-9-13-20)24(29)28-15-21(14-22(28)25(30)32-3)33-16-19-10-6-4-7-11-19/h4-13,18,21-23H,14-17H2,1-3H3,(H,27,31)/t21-,22+,23+/m1/s1. The van der Waals surface area contributed by atoms with Gasteiger partial charge in [-0.1, -0.05) is 74.5 Å². The maximum Gasteiger partial charge on any atom is 0.408 e. The average Bonchev–Trinajstić information content (AvgIpc) is 3.29. The third-order valence-electron chi connectivity index (χ3n) is 5.77. The third-order valence-corrected chi connectivity index (χ3v) is 5.77. The van der Waals surface area contributed by atoms with Crippen LogP contribution in [0.25, 0.3) is 0 Å². The third kappa shape index (κ3) is 6.81. The molecular formula is C26H32N2O6. The lowest BCUT2D eigenvalue weighted by atomic mass is 10.0. The first-order valence-corrected chi connectivity index (χ1v) is 11.4. The zero-order valence-corrected chi connectivity index (χ0v) is 19.8. The van der Waals surface area contributed by atoms with Crippen molar-refractivity contribution in [3.63, 3.8) is 0 Å². The highest BCUT2D eigenvalue weighted by atomic mass is 16.5. The van der Waals surface area contributed by atoms with Gasteiger partial charge in [0.2, 0.25) is 5.91 Å². The molecule has 8 heteroatoms. The molecule has 0 unspecified atom stereocenters. The fraction of sp³-hybridized carbons (Fsp3) is 0.423. The van der Waals surface area contributed by atoms with Gasteiger partial charge in [0, 0.05) is 13.0 Å². The van der Waals surface area contributed by atoms with E-state index in [1.165, 1.54) is 12.0 Å². The van der Waals surface area contributed by atoms with Gasteiger partial charge >= 0.3 is 12.1 Å². The highest BCUT2D eigenvalue weighted by Crippen LogP contribution is 2.25. The number of methoxy groups -OCH3 is 1. The first kappa shape index (κ1) is 25.2. The van der Waals surface area contributed by atoms with Crippen LogP contribution in [0, 0.1) is 5.92 Å². The number of ether oxygens (including phenoxy) is 3. The molecule has 2 amide bonds. The van der Waals surface area contributed by atoms with E-state index in [-0.39, 0.29) is 31.1 Å². The van der Waals surface area contributed by atoms with E-state index in [1.54, 1.807) is 0 Å². The second-order valence-corrected chi connectivity index (χ2v) is 8.61. The summed E-state index contributed by atoms with van der Waals surface area (Å²) >= 11 is 0. The van der Waals surface area contributed by atoms with Crippen LogP contribution in [0.4, 0.5) is 4.79 Å². The zero-order chi connectivity index (χ0) is 24.5. The minimum Gasteiger partial charge on any atom is -0.467 e. The molecule has 1 aliphatic rings. The minimum absolute atomic E-state index is 0.0928. The Balaban J connectivity index is 1.64. The molecule has 182 valence electrons. The van der Waals surface area contributed by atoms with Crippen LogP contribution < -0.4 is 5.32 Å². The molecule has 1 fully saturated rings. The Morgan fingerprint density at radius 2 is 1.56 bits per heavy atom. The Morgan fingerprint density at radius 1 is 0.971 bits per heavy atom. The van der Waals surface area contributed by atoms with Crippen LogP contribution in [0.15, 0.2) is 60.7 Å². The Bertz CT molecular complexity index is 950. The van der Waals surface area contributed by atoms with Crippen LogP contribution in [0.3, 0.4) is 0 Å². The number of likely N-dealkylation sites (tertiary alicyclic amines) is 1. The van der Waals surface area contributed by atoms with Crippen molar-refractivity contribution in [1.82, 2.24) is 10.2 Å². The summed E-state index contributed by atoms with van der Waals surface area (Å²) in [6, 6.07) is 17.3. The van der Waals surface area contributed by atoms with Crippen LogP contribution in [0.5, 0.6) is 0 Å². The molecule has 0 bridgehead atoms. The van der Waals surface area contributed by atoms with Crippen molar-refractivity contribution >= 4 is 18.0 Å². The number of carbonyl (C=O) groups excluding carboxylic acids is 3. The van der Waals surface area contributed by atoms with E-state index in [9.17, 15) is 14.4 Å². The van der Waals surface area contributed by atoms with Gasteiger partial charge in [-0.2, -0.15) is 0 Å². The van der Waals surface area contributed by atoms with Crippen molar-refractivity contribution in [2.75, 3.05) is 13.7 Å². The van der Waals surface area contributed by atoms with Crippen molar-refractivity contribution in [3.8, 4) is 0 Å². The Hall–Kier alpha value is -3.39. The van der Waals surface area contributed by atoms with Crippen LogP contribution in [0.2, 0.25) is 0 Å². The number of benzene rings is 2. The summed E-state index contributed by atoms with van der Waals surface area (Å²) < 4.78 is 16.2. The average molecular weight is 469 g/mol. The molecule has 0 aliphatic carbocycles. The molecule has 0 aromatic heterocycles. The number of hydrogen-bond donors (Lipinski definition) is 1. The van der Waals surface area contributed by atoms with E-state index in [0.717, 1.165) is 11.1 Å². The van der Waals surface area contributed by atoms with Gasteiger partial charge < -0.3 is 24.4 Å². The van der Waals surface area contributed by atoms with Gasteiger partial charge in [0.15, 0.2) is 0 Å². The number of rotatable bonds is 9. The van der Waals surface area contributed by atoms with E-state index in [0.29, 0.717) is 13.0 Å². The van der Waals surface area contributed by atoms with Crippen molar-refractivity contribution in [2.24, 2.45) is 5.92 Å². The van der Waals surface area contributed by atoms with Crippen LogP contribution in [-0.4, -0.2) is 54.7 Å². The number of carbonyl (C=O) groups is 3. The van der Waals surface area contributed by atoms with E-state index in [2.05, 4.69) is 5.32 Å². The molecule has 1 heterocycles. The predicted octanol–water partition coefficient (Wildman–Crippen LogP) is 3.30. The zero-order valence-electron chi connectivity index (χ0n) is 19.8. The number of nitrogens with zero attached hydrogens (tertiary/aromatic N) is 1. The lowest BCUT2D eigenvalue weighted by Crippen LogP contribution is -2.54. The summed E-state index contributed by atoms with van der Waals surface area (Å²) in [4.78, 5) is 39.8. The smallest absolute Gasteiger partial charge is 0.408 e. The normalized spacial score (nSPS) is 18.4. The fourth-order valence-electron chi connectivity index (χ4n) is 3.89. The number of nitrogens with one attached hydrogen (secondary N) is 1. The van der Waals surface area contributed by atoms with Crippen molar-refractivity contribution < 1.29 is 28.6 Å². The largest absolute Gasteiger partial charge is 0.467 e. The Morgan fingerprint density at radius 3 is 2.12 bits per heavy atom. The van der Waals surface area contributed by atoms with E-state index < -0.39 is 24.1 Å². The summed E-state index contributed by atoms with van der Waals surface area (Å²) in [5.41, 5.74) is 1.85. The quantitative estimate of drug-likeness (QED) is 0.568. The summed E-state index contributed by atoms with van der Waals surface area (Å²) in [6.45, 7) is 4.35. The molecule has 3 rings (SSSR count). The number of esters is 1. The first-order chi connectivity index (χ1) is 16.4. The summed E-state index contributed by atoms with van der Waals surface area (Å²) in [5, 5.41) is 2.67. The number of hydrogen-bond acceptors (Lipinski definition) is 6. The predicted molar refractivity (Wildman–Crippen MR) is 126 cm³/mol. The van der Waals surface area contributed by atoms with E-state index in [1.807, 2.05) is 74.5 Å². The van der Waals surface area contributed by atoms with Crippen molar-refractivity contribution in [3.05, 3.63) is 71.8 Å². The van der Waals surface area contributed by atoms with Crippen LogP contribution in [0.1, 0.15) is 31.4 Å². The minimum atomic E-state index is -0.858. The maximum absolute atomic E-state index is 13.4. The van der Waals surface area contributed by atoms with E-state index >= 15 is 0 Å². The maximum atomic E-state index is 13.4. The molecule has 0 saturated carbocycles. The summed E-state index contributed by atoms with van der Waals surface area (Å²) in [7, 11) is 1.29. The van der Waals surface area contributed by atoms with Gasteiger partial charge in [0.25, 0.3) is 0 Å². The molecular weight excluding hydrogens is 436 g/mol. The highest BCUT2D eigenvalue weighted by Gasteiger charge is 2.43. The molecule has 8 nitrogen and oxygen atoms in total. The molecule has 2 aromatic rings. The highest BCUT2D eigenvalue weighted by molar-refractivity contribution is 5.90. The van der Waals surface area contributed by atoms with Crippen LogP contribution in [-0.2, 0) is 37.0 Å². The molecule has 0 spiro atoms. The Kier molecular flexibility index (Phi) is 9.04. The molecule has 1 saturated heterocycles. The topological polar surface area (TPSA) is 94.2 Å². The SMILES string of the molecule is COC(=O)[C@@H]1C[C@@H](OCc2ccccc2)CN1C(=O)[C@@H](NC(=O)OCc1ccccc1)C(C)C. The van der Waals surface area contributed by atoms with Gasteiger partial charge in [-0.05, 0) is 17.0 Å². The lowest BCUT2D eigenvalue weighted by Gasteiger charge is -2.29. The number of alkyl carbamates (subject to hydrolysis) is 1. The van der Waals surface area contributed by atoms with Crippen molar-refractivity contribution in [2.45, 2.75) is 51.7 Å². The van der Waals surface area contributed by atoms with Gasteiger partial charge in [0.05, 0.1) is 19.8 Å². The van der Waals surface area contributed by atoms with Gasteiger partial charge in [0.1, 0.15) is 18.7 Å². The second kappa shape index (κ2) is 12.2. The monoisotopic (exact) mass is 468 g/mol. The Labute approximate surface area is 200 Å². The fourth-order valence-corrected chi connectivity index (χ4v) is 3.89. The van der Waals surface area contributed by atoms with Gasteiger partial charge in [-0.25, -0.2) is 9.59 Å².